The van der Waals surface area contributed by atoms with E-state index in [-0.39, 0.29) is 12.6 Å². The molecule has 0 saturated carbocycles. The van der Waals surface area contributed by atoms with E-state index in [1.54, 1.807) is 24.6 Å². The number of rotatable bonds is 12. The van der Waals surface area contributed by atoms with E-state index >= 15 is 4.39 Å². The minimum absolute atomic E-state index is 0.210. The van der Waals surface area contributed by atoms with Crippen molar-refractivity contribution in [2.45, 2.75) is 54.5 Å². The van der Waals surface area contributed by atoms with Crippen molar-refractivity contribution >= 4 is 27.5 Å². The maximum absolute atomic E-state index is 15.9. The van der Waals surface area contributed by atoms with E-state index in [2.05, 4.69) is 22.1 Å². The van der Waals surface area contributed by atoms with Crippen LogP contribution in [0.25, 0.3) is 0 Å². The molecule has 15 heteroatoms. The normalized spacial score (nSPS) is 23.6. The number of likely N-dealkylation sites (tertiary alicyclic amines) is 1. The van der Waals surface area contributed by atoms with Crippen molar-refractivity contribution in [3.05, 3.63) is 81.9 Å². The molecule has 2 aliphatic heterocycles. The number of nitrogens with zero attached hydrogens (tertiary/aromatic N) is 3. The van der Waals surface area contributed by atoms with Crippen LogP contribution in [-0.4, -0.2) is 99.8 Å². The lowest BCUT2D eigenvalue weighted by atomic mass is 9.91. The summed E-state index contributed by atoms with van der Waals surface area (Å²) in [5.41, 5.74) is 6.05. The number of aryl methyl sites for hydroxylation is 1. The minimum Gasteiger partial charge on any atom is -0.496 e. The second-order valence-corrected chi connectivity index (χ2v) is 14.4. The van der Waals surface area contributed by atoms with Gasteiger partial charge < -0.3 is 25.0 Å². The summed E-state index contributed by atoms with van der Waals surface area (Å²) in [5, 5.41) is 7.94. The number of sulfonamides is 1. The Balaban J connectivity index is 1.43. The van der Waals surface area contributed by atoms with Crippen molar-refractivity contribution in [2.75, 3.05) is 52.8 Å². The van der Waals surface area contributed by atoms with E-state index in [4.69, 9.17) is 9.47 Å². The number of hydrogen-bond donors (Lipinski definition) is 2. The Morgan fingerprint density at radius 1 is 1.15 bits per heavy atom. The van der Waals surface area contributed by atoms with Gasteiger partial charge in [-0.25, -0.2) is 12.8 Å². The molecule has 2 unspecified atom stereocenters. The Labute approximate surface area is 271 Å². The molecule has 0 aromatic heterocycles. The molecule has 2 heterocycles. The van der Waals surface area contributed by atoms with Crippen molar-refractivity contribution < 1.29 is 35.5 Å². The third-order valence-electron chi connectivity index (χ3n) is 8.33. The number of benzene rings is 1. The fourth-order valence-electron chi connectivity index (χ4n) is 5.98. The lowest BCUT2D eigenvalue weighted by molar-refractivity contribution is -0.165. The van der Waals surface area contributed by atoms with Crippen LogP contribution in [0.3, 0.4) is 0 Å². The van der Waals surface area contributed by atoms with Gasteiger partial charge in [-0.05, 0) is 55.6 Å². The number of ether oxygens (including phenoxy) is 2. The van der Waals surface area contributed by atoms with E-state index in [1.165, 1.54) is 36.9 Å². The van der Waals surface area contributed by atoms with Crippen LogP contribution in [0.2, 0.25) is 0 Å². The fraction of sp³-hybridized carbons (Fsp3) is 0.484. The lowest BCUT2D eigenvalue weighted by Gasteiger charge is -2.49. The molecule has 5 rings (SSSR count). The predicted molar refractivity (Wildman–Crippen MR) is 168 cm³/mol. The summed E-state index contributed by atoms with van der Waals surface area (Å²) in [5.74, 6) is -0.304. The summed E-state index contributed by atoms with van der Waals surface area (Å²) in [7, 11) is 0.312. The average Bonchev–Trinajstić information content (AvgIpc) is 3.53. The molecule has 0 bridgehead atoms. The monoisotopic (exact) mass is 683 g/mol. The Morgan fingerprint density at radius 2 is 1.89 bits per heavy atom. The molecule has 46 heavy (non-hydrogen) atoms. The standard InChI is InChI=1S/C31H37F4N5O4S2/c1-20-13-29(46(41,42)40(30-36-11-12-45-30)16-21-9-10-23(43-3)14-28(21)44-4)24(32)15-26(20)37-25-7-5-6-8-27(25)39(19-31(33,34)35)22-17-38(2)18-22/h5-6,11-15,22,25,27,30,36-37H,7-8,16-19H2,1-4H3/t25?,27-,30?/m0/s1. The largest absolute Gasteiger partial charge is 0.496 e. The van der Waals surface area contributed by atoms with Gasteiger partial charge in [0.1, 0.15) is 22.0 Å². The highest BCUT2D eigenvalue weighted by Crippen LogP contribution is 2.34. The first-order valence-electron chi connectivity index (χ1n) is 14.7. The molecule has 1 aromatic carbocycles. The van der Waals surface area contributed by atoms with E-state index in [1.807, 2.05) is 24.1 Å². The summed E-state index contributed by atoms with van der Waals surface area (Å²) >= 11 is 1.20. The SMILES string of the molecule is COC1=C=C=C(CN(C2NC=CS2)S(=O)(=O)c2cc(C)c(NC3CC=CC[C@@H]3N(CC(F)(F)F)C3CN(C)C3)cc2F)C(OC)=C1. The molecule has 2 aliphatic carbocycles. The zero-order valence-electron chi connectivity index (χ0n) is 25.9. The molecular weight excluding hydrogens is 646 g/mol. The van der Waals surface area contributed by atoms with E-state index in [9.17, 15) is 21.6 Å². The van der Waals surface area contributed by atoms with Crippen LogP contribution in [0.4, 0.5) is 23.2 Å². The summed E-state index contributed by atoms with van der Waals surface area (Å²) < 4.78 is 96.8. The number of nitrogens with one attached hydrogen (secondary N) is 2. The number of allylic oxidation sites excluding steroid dienone is 1. The molecule has 1 saturated heterocycles. The van der Waals surface area contributed by atoms with Gasteiger partial charge >= 0.3 is 6.18 Å². The number of halogens is 4. The number of hydrogen-bond acceptors (Lipinski definition) is 9. The number of alkyl halides is 3. The summed E-state index contributed by atoms with van der Waals surface area (Å²) in [6.07, 6.45) is 3.40. The van der Waals surface area contributed by atoms with Gasteiger partial charge in [0, 0.05) is 49.2 Å². The first kappa shape index (κ1) is 34.2. The van der Waals surface area contributed by atoms with Gasteiger partial charge in [-0.2, -0.15) is 17.5 Å². The van der Waals surface area contributed by atoms with Gasteiger partial charge in [0.05, 0.1) is 32.9 Å². The van der Waals surface area contributed by atoms with Crippen molar-refractivity contribution in [3.8, 4) is 0 Å². The summed E-state index contributed by atoms with van der Waals surface area (Å²) in [6.45, 7) is 1.45. The van der Waals surface area contributed by atoms with Gasteiger partial charge in [-0.3, -0.25) is 4.90 Å². The highest BCUT2D eigenvalue weighted by molar-refractivity contribution is 8.03. The first-order chi connectivity index (χ1) is 21.8. The predicted octanol–water partition coefficient (Wildman–Crippen LogP) is 4.65. The zero-order chi connectivity index (χ0) is 33.2. The Kier molecular flexibility index (Phi) is 10.3. The third kappa shape index (κ3) is 7.52. The Morgan fingerprint density at radius 3 is 2.52 bits per heavy atom. The molecule has 0 radical (unpaired) electrons. The van der Waals surface area contributed by atoms with Crippen LogP contribution in [0.5, 0.6) is 0 Å². The Bertz CT molecular complexity index is 1620. The second kappa shape index (κ2) is 13.9. The maximum atomic E-state index is 15.9. The third-order valence-corrected chi connectivity index (χ3v) is 11.2. The lowest BCUT2D eigenvalue weighted by Crippen LogP contribution is -2.64. The fourth-order valence-corrected chi connectivity index (χ4v) is 8.64. The van der Waals surface area contributed by atoms with Crippen molar-refractivity contribution in [1.82, 2.24) is 19.4 Å². The molecule has 3 atom stereocenters. The van der Waals surface area contributed by atoms with Crippen LogP contribution in [0, 0.1) is 12.7 Å². The second-order valence-electron chi connectivity index (χ2n) is 11.5. The van der Waals surface area contributed by atoms with E-state index in [0.717, 1.165) is 10.4 Å². The molecule has 2 N–H and O–H groups in total. The first-order valence-corrected chi connectivity index (χ1v) is 17.0. The molecule has 4 aliphatic rings. The molecule has 1 aromatic rings. The minimum atomic E-state index is -4.45. The van der Waals surface area contributed by atoms with Gasteiger partial charge in [-0.1, -0.05) is 29.6 Å². The van der Waals surface area contributed by atoms with Crippen LogP contribution in [0.15, 0.2) is 75.4 Å². The van der Waals surface area contributed by atoms with Gasteiger partial charge in [0.15, 0.2) is 5.76 Å². The molecule has 1 fully saturated rings. The highest BCUT2D eigenvalue weighted by atomic mass is 32.2. The number of thioether (sulfide) groups is 1. The zero-order valence-corrected chi connectivity index (χ0v) is 27.5. The van der Waals surface area contributed by atoms with Gasteiger partial charge in [0.25, 0.3) is 0 Å². The van der Waals surface area contributed by atoms with Crippen molar-refractivity contribution in [2.24, 2.45) is 0 Å². The highest BCUT2D eigenvalue weighted by Gasteiger charge is 2.43. The topological polar surface area (TPSA) is 86.4 Å². The quantitative estimate of drug-likeness (QED) is 0.186. The summed E-state index contributed by atoms with van der Waals surface area (Å²) in [6, 6.07) is 1.19. The van der Waals surface area contributed by atoms with Gasteiger partial charge in [-0.15, -0.1) is 0 Å². The average molecular weight is 684 g/mol. The number of methoxy groups -OCH3 is 2. The smallest absolute Gasteiger partial charge is 0.401 e. The molecule has 0 amide bonds. The van der Waals surface area contributed by atoms with Gasteiger partial charge in [0.2, 0.25) is 10.0 Å². The molecule has 9 nitrogen and oxygen atoms in total. The van der Waals surface area contributed by atoms with Crippen molar-refractivity contribution in [1.29, 1.82) is 0 Å². The van der Waals surface area contributed by atoms with Crippen LogP contribution in [-0.2, 0) is 19.5 Å². The van der Waals surface area contributed by atoms with Crippen molar-refractivity contribution in [3.63, 3.8) is 0 Å². The number of anilines is 1. The molecule has 0 spiro atoms. The summed E-state index contributed by atoms with van der Waals surface area (Å²) in [4.78, 5) is 2.94. The van der Waals surface area contributed by atoms with E-state index in [0.29, 0.717) is 54.3 Å². The molecule has 250 valence electrons. The van der Waals surface area contributed by atoms with E-state index < -0.39 is 51.0 Å². The molecular formula is C31H37F4N5O4S2. The Hall–Kier alpha value is -3.16. The number of likely N-dealkylation sites (N-methyl/N-ethyl adjacent to an activating group) is 1. The van der Waals surface area contributed by atoms with Crippen LogP contribution in [0.1, 0.15) is 18.4 Å². The van der Waals surface area contributed by atoms with Crippen LogP contribution >= 0.6 is 11.8 Å². The maximum Gasteiger partial charge on any atom is 0.401 e. The van der Waals surface area contributed by atoms with Crippen LogP contribution < -0.4 is 10.6 Å².